The molecule has 0 radical (unpaired) electrons. The Morgan fingerprint density at radius 3 is 2.75 bits per heavy atom. The van der Waals surface area contributed by atoms with Crippen molar-refractivity contribution in [3.63, 3.8) is 0 Å². The molecule has 0 fully saturated rings. The maximum atomic E-state index is 12.0. The molecule has 0 saturated carbocycles. The average Bonchev–Trinajstić information content (AvgIpc) is 2.44. The maximum Gasteiger partial charge on any atom is 0.283 e. The van der Waals surface area contributed by atoms with Gasteiger partial charge in [-0.2, -0.15) is 0 Å². The number of hydrogen-bond donors (Lipinski definition) is 2. The molecule has 1 amide bonds. The number of hydrogen-bond acceptors (Lipinski definition) is 5. The summed E-state index contributed by atoms with van der Waals surface area (Å²) in [7, 11) is 0. The largest absolute Gasteiger partial charge is 0.350 e. The molecule has 1 rings (SSSR count). The number of nitro groups is 1. The summed E-state index contributed by atoms with van der Waals surface area (Å²) in [5, 5.41) is 16.9. The molecule has 0 aliphatic heterocycles. The molecule has 1 atom stereocenters. The van der Waals surface area contributed by atoms with Gasteiger partial charge in [0.15, 0.2) is 0 Å². The number of carbonyl (C=O) groups excluding carboxylic acids is 1. The van der Waals surface area contributed by atoms with Crippen LogP contribution in [-0.2, 0) is 0 Å². The minimum atomic E-state index is -0.468. The van der Waals surface area contributed by atoms with Crippen molar-refractivity contribution in [2.24, 2.45) is 0 Å². The summed E-state index contributed by atoms with van der Waals surface area (Å²) < 4.78 is 0. The second-order valence-corrected chi connectivity index (χ2v) is 5.16. The SMILES string of the molecule is CCN[C@H](C)CNC(=O)c1ccc(SC)c([N+](=O)[O-])c1. The fourth-order valence-electron chi connectivity index (χ4n) is 1.74. The Balaban J connectivity index is 2.78. The highest BCUT2D eigenvalue weighted by Crippen LogP contribution is 2.28. The van der Waals surface area contributed by atoms with Crippen molar-refractivity contribution in [1.82, 2.24) is 10.6 Å². The van der Waals surface area contributed by atoms with Gasteiger partial charge in [0.2, 0.25) is 0 Å². The Morgan fingerprint density at radius 2 is 2.20 bits per heavy atom. The number of nitrogens with one attached hydrogen (secondary N) is 2. The van der Waals surface area contributed by atoms with E-state index in [1.165, 1.54) is 17.8 Å². The van der Waals surface area contributed by atoms with Gasteiger partial charge in [-0.15, -0.1) is 11.8 Å². The molecule has 110 valence electrons. The Hall–Kier alpha value is -1.60. The molecule has 20 heavy (non-hydrogen) atoms. The number of nitro benzene ring substituents is 1. The first kappa shape index (κ1) is 16.5. The summed E-state index contributed by atoms with van der Waals surface area (Å²) in [5.74, 6) is -0.300. The van der Waals surface area contributed by atoms with Gasteiger partial charge in [-0.1, -0.05) is 6.92 Å². The molecule has 7 heteroatoms. The van der Waals surface area contributed by atoms with Crippen LogP contribution in [0.4, 0.5) is 5.69 Å². The van der Waals surface area contributed by atoms with Crippen molar-refractivity contribution in [3.05, 3.63) is 33.9 Å². The fourth-order valence-corrected chi connectivity index (χ4v) is 2.29. The molecule has 2 N–H and O–H groups in total. The monoisotopic (exact) mass is 297 g/mol. The normalized spacial score (nSPS) is 11.9. The molecule has 0 saturated heterocycles. The number of thioether (sulfide) groups is 1. The minimum Gasteiger partial charge on any atom is -0.350 e. The highest BCUT2D eigenvalue weighted by molar-refractivity contribution is 7.98. The van der Waals surface area contributed by atoms with Gasteiger partial charge in [0.1, 0.15) is 0 Å². The van der Waals surface area contributed by atoms with Crippen LogP contribution in [0.5, 0.6) is 0 Å². The predicted molar refractivity (Wildman–Crippen MR) is 80.3 cm³/mol. The molecule has 1 aromatic rings. The first-order valence-electron chi connectivity index (χ1n) is 6.33. The van der Waals surface area contributed by atoms with Crippen molar-refractivity contribution in [1.29, 1.82) is 0 Å². The maximum absolute atomic E-state index is 12.0. The topological polar surface area (TPSA) is 84.3 Å². The van der Waals surface area contributed by atoms with Gasteiger partial charge < -0.3 is 10.6 Å². The molecule has 1 aromatic carbocycles. The van der Waals surface area contributed by atoms with Crippen molar-refractivity contribution in [2.75, 3.05) is 19.3 Å². The van der Waals surface area contributed by atoms with E-state index in [0.717, 1.165) is 6.54 Å². The predicted octanol–water partition coefficient (Wildman–Crippen LogP) is 2.04. The van der Waals surface area contributed by atoms with Crippen LogP contribution in [0.25, 0.3) is 0 Å². The second kappa shape index (κ2) is 7.86. The van der Waals surface area contributed by atoms with E-state index in [1.807, 2.05) is 13.8 Å². The molecule has 0 aliphatic rings. The van der Waals surface area contributed by atoms with Crippen LogP contribution in [-0.4, -0.2) is 36.2 Å². The molecular formula is C13H19N3O3S. The van der Waals surface area contributed by atoms with Gasteiger partial charge in [-0.3, -0.25) is 14.9 Å². The quantitative estimate of drug-likeness (QED) is 0.457. The van der Waals surface area contributed by atoms with E-state index >= 15 is 0 Å². The number of carbonyl (C=O) groups is 1. The van der Waals surface area contributed by atoms with E-state index in [2.05, 4.69) is 10.6 Å². The summed E-state index contributed by atoms with van der Waals surface area (Å²) in [6.07, 6.45) is 1.76. The zero-order valence-corrected chi connectivity index (χ0v) is 12.6. The van der Waals surface area contributed by atoms with E-state index in [-0.39, 0.29) is 17.6 Å². The van der Waals surface area contributed by atoms with Crippen molar-refractivity contribution in [2.45, 2.75) is 24.8 Å². The Kier molecular flexibility index (Phi) is 6.47. The average molecular weight is 297 g/mol. The lowest BCUT2D eigenvalue weighted by molar-refractivity contribution is -0.387. The number of likely N-dealkylation sites (N-methyl/N-ethyl adjacent to an activating group) is 1. The first-order valence-corrected chi connectivity index (χ1v) is 7.56. The highest BCUT2D eigenvalue weighted by atomic mass is 32.2. The third-order valence-electron chi connectivity index (χ3n) is 2.76. The standard InChI is InChI=1S/C13H19N3O3S/c1-4-14-9(2)8-15-13(17)10-5-6-12(20-3)11(7-10)16(18)19/h5-7,9,14H,4,8H2,1-3H3,(H,15,17)/t9-/m1/s1. The number of amides is 1. The summed E-state index contributed by atoms with van der Waals surface area (Å²) in [6.45, 7) is 5.25. The summed E-state index contributed by atoms with van der Waals surface area (Å²) in [5.41, 5.74) is 0.267. The van der Waals surface area contributed by atoms with Crippen molar-refractivity contribution < 1.29 is 9.72 Å². The fraction of sp³-hybridized carbons (Fsp3) is 0.462. The van der Waals surface area contributed by atoms with Crippen LogP contribution >= 0.6 is 11.8 Å². The lowest BCUT2D eigenvalue weighted by Gasteiger charge is -2.13. The Morgan fingerprint density at radius 1 is 1.50 bits per heavy atom. The van der Waals surface area contributed by atoms with E-state index in [1.54, 1.807) is 18.4 Å². The van der Waals surface area contributed by atoms with Gasteiger partial charge in [-0.25, -0.2) is 0 Å². The smallest absolute Gasteiger partial charge is 0.283 e. The molecule has 0 heterocycles. The molecule has 0 unspecified atom stereocenters. The Bertz CT molecular complexity index is 494. The van der Waals surface area contributed by atoms with Crippen molar-refractivity contribution >= 4 is 23.4 Å². The van der Waals surface area contributed by atoms with Crippen LogP contribution in [0.15, 0.2) is 23.1 Å². The summed E-state index contributed by atoms with van der Waals surface area (Å²) in [6, 6.07) is 4.68. The molecule has 0 aromatic heterocycles. The van der Waals surface area contributed by atoms with E-state index in [4.69, 9.17) is 0 Å². The van der Waals surface area contributed by atoms with Crippen LogP contribution in [0.1, 0.15) is 24.2 Å². The molecule has 6 nitrogen and oxygen atoms in total. The Labute approximate surface area is 122 Å². The van der Waals surface area contributed by atoms with Crippen LogP contribution < -0.4 is 10.6 Å². The van der Waals surface area contributed by atoms with Crippen molar-refractivity contribution in [3.8, 4) is 0 Å². The number of nitrogens with zero attached hydrogens (tertiary/aromatic N) is 1. The van der Waals surface area contributed by atoms with Crippen LogP contribution in [0.2, 0.25) is 0 Å². The third-order valence-corrected chi connectivity index (χ3v) is 3.54. The third kappa shape index (κ3) is 4.50. The van der Waals surface area contributed by atoms with Crippen LogP contribution in [0, 0.1) is 10.1 Å². The van der Waals surface area contributed by atoms with E-state index in [0.29, 0.717) is 17.0 Å². The van der Waals surface area contributed by atoms with Crippen LogP contribution in [0.3, 0.4) is 0 Å². The minimum absolute atomic E-state index is 0.0371. The number of rotatable bonds is 7. The zero-order chi connectivity index (χ0) is 15.1. The van der Waals surface area contributed by atoms with Gasteiger partial charge in [0, 0.05) is 24.2 Å². The first-order chi connectivity index (χ1) is 9.49. The molecule has 0 aliphatic carbocycles. The van der Waals surface area contributed by atoms with Gasteiger partial charge in [-0.05, 0) is 31.9 Å². The lowest BCUT2D eigenvalue weighted by atomic mass is 10.2. The summed E-state index contributed by atoms with van der Waals surface area (Å²) in [4.78, 5) is 23.0. The van der Waals surface area contributed by atoms with Gasteiger partial charge in [0.25, 0.3) is 11.6 Å². The molecular weight excluding hydrogens is 278 g/mol. The number of benzene rings is 1. The van der Waals surface area contributed by atoms with Gasteiger partial charge >= 0.3 is 0 Å². The lowest BCUT2D eigenvalue weighted by Crippen LogP contribution is -2.38. The zero-order valence-electron chi connectivity index (χ0n) is 11.8. The molecule has 0 spiro atoms. The van der Waals surface area contributed by atoms with E-state index < -0.39 is 4.92 Å². The van der Waals surface area contributed by atoms with Gasteiger partial charge in [0.05, 0.1) is 9.82 Å². The second-order valence-electron chi connectivity index (χ2n) is 4.31. The summed E-state index contributed by atoms with van der Waals surface area (Å²) >= 11 is 1.29. The molecule has 0 bridgehead atoms. The van der Waals surface area contributed by atoms with E-state index in [9.17, 15) is 14.9 Å². The highest BCUT2D eigenvalue weighted by Gasteiger charge is 2.17.